The average Bonchev–Trinajstić information content (AvgIpc) is 2.16. The zero-order valence-corrected chi connectivity index (χ0v) is 10.7. The van der Waals surface area contributed by atoms with Gasteiger partial charge in [0.25, 0.3) is 0 Å². The monoisotopic (exact) mass is 242 g/mol. The molecule has 0 fully saturated rings. The molecule has 1 rings (SSSR count). The Bertz CT molecular complexity index is 469. The van der Waals surface area contributed by atoms with Crippen molar-refractivity contribution in [3.63, 3.8) is 0 Å². The van der Waals surface area contributed by atoms with E-state index < -0.39 is 10.0 Å². The van der Waals surface area contributed by atoms with Gasteiger partial charge in [0.15, 0.2) is 0 Å². The molecule has 0 atom stereocenters. The van der Waals surface area contributed by atoms with Crippen LogP contribution in [0.5, 0.6) is 0 Å². The molecule has 0 aliphatic heterocycles. The lowest BCUT2D eigenvalue weighted by Crippen LogP contribution is -2.32. The molecular formula is C11H18N2O2S. The lowest BCUT2D eigenvalue weighted by atomic mass is 10.1. The van der Waals surface area contributed by atoms with Crippen molar-refractivity contribution in [1.82, 2.24) is 0 Å². The zero-order chi connectivity index (χ0) is 12.3. The summed E-state index contributed by atoms with van der Waals surface area (Å²) < 4.78 is 24.9. The van der Waals surface area contributed by atoms with E-state index in [4.69, 9.17) is 5.73 Å². The fourth-order valence-corrected chi connectivity index (χ4v) is 2.67. The molecule has 0 spiro atoms. The number of nitrogens with two attached hydrogens (primary N) is 1. The third-order valence-electron chi connectivity index (χ3n) is 2.48. The molecule has 1 aromatic carbocycles. The number of rotatable bonds is 4. The Morgan fingerprint density at radius 3 is 2.44 bits per heavy atom. The van der Waals surface area contributed by atoms with Gasteiger partial charge < -0.3 is 5.73 Å². The zero-order valence-electron chi connectivity index (χ0n) is 9.90. The molecule has 2 N–H and O–H groups in total. The molecule has 0 saturated carbocycles. The molecule has 0 bridgehead atoms. The summed E-state index contributed by atoms with van der Waals surface area (Å²) in [4.78, 5) is 0. The molecule has 0 amide bonds. The lowest BCUT2D eigenvalue weighted by Gasteiger charge is -2.21. The number of hydrogen-bond donors (Lipinski definition) is 1. The minimum Gasteiger partial charge on any atom is -0.329 e. The van der Waals surface area contributed by atoms with Crippen LogP contribution in [0.3, 0.4) is 0 Å². The van der Waals surface area contributed by atoms with Gasteiger partial charge in [0.1, 0.15) is 0 Å². The summed E-state index contributed by atoms with van der Waals surface area (Å²) in [5.41, 5.74) is 8.06. The van der Waals surface area contributed by atoms with Crippen molar-refractivity contribution >= 4 is 15.7 Å². The molecule has 0 heterocycles. The number of benzene rings is 1. The van der Waals surface area contributed by atoms with Gasteiger partial charge in [-0.2, -0.15) is 0 Å². The van der Waals surface area contributed by atoms with Gasteiger partial charge in [-0.25, -0.2) is 8.42 Å². The van der Waals surface area contributed by atoms with Gasteiger partial charge in [-0.05, 0) is 25.5 Å². The summed E-state index contributed by atoms with van der Waals surface area (Å²) in [6.45, 7) is 4.01. The van der Waals surface area contributed by atoms with Gasteiger partial charge in [-0.15, -0.1) is 0 Å². The summed E-state index contributed by atoms with van der Waals surface area (Å²) >= 11 is 0. The second kappa shape index (κ2) is 4.84. The van der Waals surface area contributed by atoms with Crippen LogP contribution >= 0.6 is 0 Å². The summed E-state index contributed by atoms with van der Waals surface area (Å²) in [7, 11) is -1.73. The molecule has 0 aliphatic rings. The predicted molar refractivity (Wildman–Crippen MR) is 67.2 cm³/mol. The SMILES string of the molecule is Cc1ccc(N(C)S(=O)(=O)CCN)c(C)c1. The number of sulfonamides is 1. The molecule has 0 unspecified atom stereocenters. The van der Waals surface area contributed by atoms with E-state index >= 15 is 0 Å². The van der Waals surface area contributed by atoms with Gasteiger partial charge in [-0.1, -0.05) is 17.7 Å². The van der Waals surface area contributed by atoms with E-state index in [-0.39, 0.29) is 12.3 Å². The van der Waals surface area contributed by atoms with Crippen LogP contribution in [0.2, 0.25) is 0 Å². The van der Waals surface area contributed by atoms with Crippen molar-refractivity contribution < 1.29 is 8.42 Å². The standard InChI is InChI=1S/C11H18N2O2S/c1-9-4-5-11(10(2)8-9)13(3)16(14,15)7-6-12/h4-5,8H,6-7,12H2,1-3H3. The van der Waals surface area contributed by atoms with E-state index in [0.717, 1.165) is 11.1 Å². The molecule has 0 aromatic heterocycles. The molecule has 16 heavy (non-hydrogen) atoms. The topological polar surface area (TPSA) is 63.4 Å². The van der Waals surface area contributed by atoms with Gasteiger partial charge in [0.05, 0.1) is 11.4 Å². The first-order valence-corrected chi connectivity index (χ1v) is 6.73. The van der Waals surface area contributed by atoms with Crippen LogP contribution in [-0.4, -0.2) is 27.8 Å². The minimum absolute atomic E-state index is 0.0309. The van der Waals surface area contributed by atoms with Crippen molar-refractivity contribution in [2.75, 3.05) is 23.7 Å². The first-order chi connectivity index (χ1) is 7.38. The van der Waals surface area contributed by atoms with Gasteiger partial charge in [-0.3, -0.25) is 4.31 Å². The van der Waals surface area contributed by atoms with Crippen molar-refractivity contribution in [2.24, 2.45) is 5.73 Å². The third-order valence-corrected chi connectivity index (χ3v) is 4.27. The average molecular weight is 242 g/mol. The molecule has 0 aliphatic carbocycles. The highest BCUT2D eigenvalue weighted by Crippen LogP contribution is 2.22. The molecule has 4 nitrogen and oxygen atoms in total. The fraction of sp³-hybridized carbons (Fsp3) is 0.455. The maximum absolute atomic E-state index is 11.8. The highest BCUT2D eigenvalue weighted by molar-refractivity contribution is 7.92. The Labute approximate surface area is 97.1 Å². The van der Waals surface area contributed by atoms with E-state index in [9.17, 15) is 8.42 Å². The summed E-state index contributed by atoms with van der Waals surface area (Å²) in [6, 6.07) is 5.68. The molecular weight excluding hydrogens is 224 g/mol. The van der Waals surface area contributed by atoms with Crippen LogP contribution in [0, 0.1) is 13.8 Å². The van der Waals surface area contributed by atoms with E-state index in [1.807, 2.05) is 32.0 Å². The van der Waals surface area contributed by atoms with Crippen molar-refractivity contribution in [3.8, 4) is 0 Å². The quantitative estimate of drug-likeness (QED) is 0.857. The van der Waals surface area contributed by atoms with Crippen LogP contribution in [0.4, 0.5) is 5.69 Å². The van der Waals surface area contributed by atoms with Crippen LogP contribution in [0.25, 0.3) is 0 Å². The molecule has 0 radical (unpaired) electrons. The highest BCUT2D eigenvalue weighted by atomic mass is 32.2. The van der Waals surface area contributed by atoms with Gasteiger partial charge in [0, 0.05) is 13.6 Å². The summed E-state index contributed by atoms with van der Waals surface area (Å²) in [5, 5.41) is 0. The number of nitrogens with zero attached hydrogens (tertiary/aromatic N) is 1. The number of aryl methyl sites for hydroxylation is 2. The van der Waals surface area contributed by atoms with E-state index in [0.29, 0.717) is 5.69 Å². The number of hydrogen-bond acceptors (Lipinski definition) is 3. The Morgan fingerprint density at radius 2 is 1.94 bits per heavy atom. The van der Waals surface area contributed by atoms with E-state index in [1.54, 1.807) is 7.05 Å². The largest absolute Gasteiger partial charge is 0.329 e. The van der Waals surface area contributed by atoms with Gasteiger partial charge in [0.2, 0.25) is 10.0 Å². The fourth-order valence-electron chi connectivity index (χ4n) is 1.59. The van der Waals surface area contributed by atoms with E-state index in [1.165, 1.54) is 4.31 Å². The van der Waals surface area contributed by atoms with Crippen molar-refractivity contribution in [2.45, 2.75) is 13.8 Å². The van der Waals surface area contributed by atoms with Crippen LogP contribution < -0.4 is 10.0 Å². The molecule has 0 saturated heterocycles. The predicted octanol–water partition coefficient (Wildman–Crippen LogP) is 1.03. The Kier molecular flexibility index (Phi) is 3.93. The van der Waals surface area contributed by atoms with E-state index in [2.05, 4.69) is 0 Å². The lowest BCUT2D eigenvalue weighted by molar-refractivity contribution is 0.594. The maximum Gasteiger partial charge on any atom is 0.236 e. The summed E-state index contributed by atoms with van der Waals surface area (Å²) in [5.74, 6) is -0.0309. The second-order valence-corrected chi connectivity index (χ2v) is 5.98. The maximum atomic E-state index is 11.8. The summed E-state index contributed by atoms with van der Waals surface area (Å²) in [6.07, 6.45) is 0. The van der Waals surface area contributed by atoms with Crippen LogP contribution in [0.15, 0.2) is 18.2 Å². The second-order valence-electron chi connectivity index (χ2n) is 3.86. The Balaban J connectivity index is 3.10. The van der Waals surface area contributed by atoms with Gasteiger partial charge >= 0.3 is 0 Å². The first-order valence-electron chi connectivity index (χ1n) is 5.12. The Morgan fingerprint density at radius 1 is 1.31 bits per heavy atom. The molecule has 90 valence electrons. The van der Waals surface area contributed by atoms with Crippen molar-refractivity contribution in [1.29, 1.82) is 0 Å². The Hall–Kier alpha value is -1.07. The smallest absolute Gasteiger partial charge is 0.236 e. The first kappa shape index (κ1) is 13.0. The number of anilines is 1. The normalized spacial score (nSPS) is 11.5. The van der Waals surface area contributed by atoms with Crippen molar-refractivity contribution in [3.05, 3.63) is 29.3 Å². The minimum atomic E-state index is -3.29. The molecule has 1 aromatic rings. The van der Waals surface area contributed by atoms with Crippen LogP contribution in [0.1, 0.15) is 11.1 Å². The molecule has 5 heteroatoms. The highest BCUT2D eigenvalue weighted by Gasteiger charge is 2.18. The third kappa shape index (κ3) is 2.74. The van der Waals surface area contributed by atoms with Crippen LogP contribution in [-0.2, 0) is 10.0 Å².